The lowest BCUT2D eigenvalue weighted by Crippen LogP contribution is -2.22. The summed E-state index contributed by atoms with van der Waals surface area (Å²) < 4.78 is 5.32. The minimum atomic E-state index is -0.0222. The molecule has 0 aromatic heterocycles. The van der Waals surface area contributed by atoms with Crippen LogP contribution in [0.1, 0.15) is 21.5 Å². The first-order valence-electron chi connectivity index (χ1n) is 8.12. The Hall–Kier alpha value is -3.33. The van der Waals surface area contributed by atoms with Crippen molar-refractivity contribution in [3.05, 3.63) is 95.6 Å². The second-order valence-electron chi connectivity index (χ2n) is 5.83. The smallest absolute Gasteiger partial charge is 0.263 e. The van der Waals surface area contributed by atoms with E-state index in [4.69, 9.17) is 4.74 Å². The lowest BCUT2D eigenvalue weighted by atomic mass is 10.1. The molecule has 3 aromatic carbocycles. The second kappa shape index (κ2) is 6.29. The molecule has 0 saturated carbocycles. The Kier molecular flexibility index (Phi) is 3.82. The van der Waals surface area contributed by atoms with Gasteiger partial charge in [0.15, 0.2) is 0 Å². The number of anilines is 1. The Balaban J connectivity index is 1.90. The molecule has 122 valence electrons. The first-order valence-corrected chi connectivity index (χ1v) is 8.12. The molecule has 0 aliphatic carbocycles. The van der Waals surface area contributed by atoms with E-state index in [9.17, 15) is 4.79 Å². The van der Waals surface area contributed by atoms with Gasteiger partial charge in [-0.15, -0.1) is 0 Å². The summed E-state index contributed by atoms with van der Waals surface area (Å²) in [6, 6.07) is 25.3. The van der Waals surface area contributed by atoms with Gasteiger partial charge in [-0.05, 0) is 29.8 Å². The fourth-order valence-corrected chi connectivity index (χ4v) is 3.10. The number of nitrogens with zero attached hydrogens (tertiary/aromatic N) is 1. The molecule has 3 aromatic rings. The standard InChI is InChI=1S/C22H17NO2/c1-25-18-11-7-10-17(15-18)23-21(14-16-8-3-2-4-9-16)19-12-5-6-13-20(19)22(23)24/h2-15H,1H3. The maximum Gasteiger partial charge on any atom is 0.263 e. The molecule has 25 heavy (non-hydrogen) atoms. The fourth-order valence-electron chi connectivity index (χ4n) is 3.10. The van der Waals surface area contributed by atoms with Crippen LogP contribution < -0.4 is 9.64 Å². The van der Waals surface area contributed by atoms with Gasteiger partial charge in [-0.2, -0.15) is 0 Å². The van der Waals surface area contributed by atoms with Crippen LogP contribution in [-0.2, 0) is 0 Å². The van der Waals surface area contributed by atoms with Gasteiger partial charge in [0.25, 0.3) is 5.91 Å². The van der Waals surface area contributed by atoms with Gasteiger partial charge in [0.1, 0.15) is 5.75 Å². The summed E-state index contributed by atoms with van der Waals surface area (Å²) >= 11 is 0. The quantitative estimate of drug-likeness (QED) is 0.688. The summed E-state index contributed by atoms with van der Waals surface area (Å²) in [6.07, 6.45) is 2.04. The maximum absolute atomic E-state index is 13.0. The number of benzene rings is 3. The number of ether oxygens (including phenoxy) is 1. The monoisotopic (exact) mass is 327 g/mol. The van der Waals surface area contributed by atoms with Crippen LogP contribution in [0, 0.1) is 0 Å². The molecule has 0 fully saturated rings. The van der Waals surface area contributed by atoms with Crippen molar-refractivity contribution >= 4 is 23.4 Å². The van der Waals surface area contributed by atoms with E-state index in [1.807, 2.05) is 84.9 Å². The first kappa shape index (κ1) is 15.2. The van der Waals surface area contributed by atoms with E-state index in [0.717, 1.165) is 28.3 Å². The second-order valence-corrected chi connectivity index (χ2v) is 5.83. The molecule has 0 N–H and O–H groups in total. The van der Waals surface area contributed by atoms with Crippen LogP contribution in [0.5, 0.6) is 5.75 Å². The van der Waals surface area contributed by atoms with Crippen LogP contribution in [0.4, 0.5) is 5.69 Å². The normalized spacial score (nSPS) is 14.7. The minimum absolute atomic E-state index is 0.0222. The molecule has 1 amide bonds. The molecular weight excluding hydrogens is 310 g/mol. The number of hydrogen-bond acceptors (Lipinski definition) is 2. The maximum atomic E-state index is 13.0. The third kappa shape index (κ3) is 2.70. The lowest BCUT2D eigenvalue weighted by Gasteiger charge is -2.19. The van der Waals surface area contributed by atoms with Crippen molar-refractivity contribution in [2.45, 2.75) is 0 Å². The Labute approximate surface area is 146 Å². The first-order chi connectivity index (χ1) is 12.3. The Morgan fingerprint density at radius 2 is 1.56 bits per heavy atom. The number of methoxy groups -OCH3 is 1. The summed E-state index contributed by atoms with van der Waals surface area (Å²) in [6.45, 7) is 0. The molecule has 4 rings (SSSR count). The van der Waals surface area contributed by atoms with Gasteiger partial charge in [0, 0.05) is 17.2 Å². The molecule has 1 heterocycles. The Morgan fingerprint density at radius 1 is 0.840 bits per heavy atom. The highest BCUT2D eigenvalue weighted by atomic mass is 16.5. The van der Waals surface area contributed by atoms with Crippen molar-refractivity contribution in [1.29, 1.82) is 0 Å². The summed E-state index contributed by atoms with van der Waals surface area (Å²) in [7, 11) is 1.63. The zero-order chi connectivity index (χ0) is 17.2. The summed E-state index contributed by atoms with van der Waals surface area (Å²) in [5.74, 6) is 0.700. The van der Waals surface area contributed by atoms with E-state index in [0.29, 0.717) is 5.56 Å². The average Bonchev–Trinajstić information content (AvgIpc) is 2.95. The SMILES string of the molecule is COc1cccc(N2C(=O)c3ccccc3C2=Cc2ccccc2)c1. The molecular formula is C22H17NO2. The van der Waals surface area contributed by atoms with Crippen LogP contribution in [-0.4, -0.2) is 13.0 Å². The molecule has 0 bridgehead atoms. The molecule has 0 spiro atoms. The zero-order valence-corrected chi connectivity index (χ0v) is 13.8. The zero-order valence-electron chi connectivity index (χ0n) is 13.8. The molecule has 0 saturated heterocycles. The van der Waals surface area contributed by atoms with Crippen molar-refractivity contribution in [1.82, 2.24) is 0 Å². The lowest BCUT2D eigenvalue weighted by molar-refractivity contribution is 0.101. The van der Waals surface area contributed by atoms with Crippen LogP contribution in [0.2, 0.25) is 0 Å². The topological polar surface area (TPSA) is 29.5 Å². The van der Waals surface area contributed by atoms with Gasteiger partial charge < -0.3 is 4.74 Å². The van der Waals surface area contributed by atoms with Gasteiger partial charge in [-0.1, -0.05) is 54.6 Å². The molecule has 3 heteroatoms. The number of hydrogen-bond donors (Lipinski definition) is 0. The molecule has 0 unspecified atom stereocenters. The molecule has 0 atom stereocenters. The molecule has 1 aliphatic heterocycles. The van der Waals surface area contributed by atoms with E-state index in [2.05, 4.69) is 0 Å². The number of carbonyl (C=O) groups is 1. The highest BCUT2D eigenvalue weighted by molar-refractivity contribution is 6.24. The number of amides is 1. The van der Waals surface area contributed by atoms with Gasteiger partial charge in [0.2, 0.25) is 0 Å². The molecule has 0 radical (unpaired) electrons. The number of carbonyl (C=O) groups excluding carboxylic acids is 1. The van der Waals surface area contributed by atoms with Crippen molar-refractivity contribution in [3.8, 4) is 5.75 Å². The molecule has 1 aliphatic rings. The summed E-state index contributed by atoms with van der Waals surface area (Å²) in [4.78, 5) is 14.8. The predicted molar refractivity (Wildman–Crippen MR) is 101 cm³/mol. The third-order valence-electron chi connectivity index (χ3n) is 4.29. The van der Waals surface area contributed by atoms with Crippen molar-refractivity contribution in [2.75, 3.05) is 12.0 Å². The number of fused-ring (bicyclic) bond motifs is 1. The van der Waals surface area contributed by atoms with E-state index in [1.54, 1.807) is 12.0 Å². The largest absolute Gasteiger partial charge is 0.497 e. The van der Waals surface area contributed by atoms with Crippen molar-refractivity contribution in [2.24, 2.45) is 0 Å². The fraction of sp³-hybridized carbons (Fsp3) is 0.0455. The minimum Gasteiger partial charge on any atom is -0.497 e. The third-order valence-corrected chi connectivity index (χ3v) is 4.29. The van der Waals surface area contributed by atoms with Gasteiger partial charge in [0.05, 0.1) is 18.5 Å². The Bertz CT molecular complexity index is 961. The summed E-state index contributed by atoms with van der Waals surface area (Å²) in [5, 5.41) is 0. The van der Waals surface area contributed by atoms with Crippen molar-refractivity contribution < 1.29 is 9.53 Å². The van der Waals surface area contributed by atoms with Gasteiger partial charge in [-0.3, -0.25) is 9.69 Å². The van der Waals surface area contributed by atoms with E-state index < -0.39 is 0 Å². The van der Waals surface area contributed by atoms with Crippen molar-refractivity contribution in [3.63, 3.8) is 0 Å². The highest BCUT2D eigenvalue weighted by Gasteiger charge is 2.33. The number of rotatable bonds is 3. The van der Waals surface area contributed by atoms with Crippen LogP contribution >= 0.6 is 0 Å². The van der Waals surface area contributed by atoms with E-state index >= 15 is 0 Å². The van der Waals surface area contributed by atoms with Crippen LogP contribution in [0.3, 0.4) is 0 Å². The van der Waals surface area contributed by atoms with Gasteiger partial charge in [-0.25, -0.2) is 0 Å². The summed E-state index contributed by atoms with van der Waals surface area (Å²) in [5.41, 5.74) is 4.38. The highest BCUT2D eigenvalue weighted by Crippen LogP contribution is 2.38. The average molecular weight is 327 g/mol. The van der Waals surface area contributed by atoms with E-state index in [1.165, 1.54) is 0 Å². The predicted octanol–water partition coefficient (Wildman–Crippen LogP) is 4.85. The van der Waals surface area contributed by atoms with Crippen LogP contribution in [0.25, 0.3) is 11.8 Å². The van der Waals surface area contributed by atoms with Crippen LogP contribution in [0.15, 0.2) is 78.9 Å². The van der Waals surface area contributed by atoms with E-state index in [-0.39, 0.29) is 5.91 Å². The Morgan fingerprint density at radius 3 is 2.32 bits per heavy atom. The molecule has 3 nitrogen and oxygen atoms in total. The van der Waals surface area contributed by atoms with Gasteiger partial charge >= 0.3 is 0 Å².